The minimum atomic E-state index is -0.574. The van der Waals surface area contributed by atoms with Gasteiger partial charge in [-0.3, -0.25) is 4.79 Å². The molecule has 0 saturated carbocycles. The number of benzene rings is 1. The van der Waals surface area contributed by atoms with Crippen LogP contribution in [0.15, 0.2) is 18.2 Å². The summed E-state index contributed by atoms with van der Waals surface area (Å²) in [6.07, 6.45) is -0.153. The van der Waals surface area contributed by atoms with Gasteiger partial charge in [0.2, 0.25) is 5.91 Å². The molecule has 0 radical (unpaired) electrons. The Kier molecular flexibility index (Phi) is 5.14. The van der Waals surface area contributed by atoms with E-state index in [4.69, 9.17) is 16.3 Å². The SMILES string of the molecule is CC(C)(C)OC(=O)N1CC(CC(=O)Nc2ccc(Cl)cc2F)C1. The van der Waals surface area contributed by atoms with Gasteiger partial charge >= 0.3 is 6.09 Å². The first kappa shape index (κ1) is 17.5. The highest BCUT2D eigenvalue weighted by molar-refractivity contribution is 6.30. The molecule has 2 amide bonds. The van der Waals surface area contributed by atoms with Gasteiger partial charge in [-0.25, -0.2) is 9.18 Å². The normalized spacial score (nSPS) is 15.1. The maximum absolute atomic E-state index is 13.6. The molecule has 1 saturated heterocycles. The third-order valence-corrected chi connectivity index (χ3v) is 3.52. The number of halogens is 2. The van der Waals surface area contributed by atoms with Crippen molar-refractivity contribution in [3.8, 4) is 0 Å². The van der Waals surface area contributed by atoms with Crippen LogP contribution in [-0.2, 0) is 9.53 Å². The molecule has 1 aliphatic rings. The number of carbonyl (C=O) groups excluding carboxylic acids is 2. The molecule has 1 aliphatic heterocycles. The fourth-order valence-corrected chi connectivity index (χ4v) is 2.39. The molecule has 2 rings (SSSR count). The van der Waals surface area contributed by atoms with E-state index in [0.29, 0.717) is 13.1 Å². The number of anilines is 1. The third kappa shape index (κ3) is 5.10. The standard InChI is InChI=1S/C16H20ClFN2O3/c1-16(2,3)23-15(22)20-8-10(9-20)6-14(21)19-13-5-4-11(17)7-12(13)18/h4-5,7,10H,6,8-9H2,1-3H3,(H,19,21). The zero-order valence-corrected chi connectivity index (χ0v) is 14.1. The van der Waals surface area contributed by atoms with Crippen LogP contribution in [0.5, 0.6) is 0 Å². The van der Waals surface area contributed by atoms with Crippen molar-refractivity contribution in [2.45, 2.75) is 32.8 Å². The maximum atomic E-state index is 13.6. The first-order valence-corrected chi connectivity index (χ1v) is 7.74. The van der Waals surface area contributed by atoms with Crippen molar-refractivity contribution in [3.05, 3.63) is 29.0 Å². The van der Waals surface area contributed by atoms with Crippen LogP contribution in [0.2, 0.25) is 5.02 Å². The Morgan fingerprint density at radius 1 is 1.39 bits per heavy atom. The largest absolute Gasteiger partial charge is 0.444 e. The van der Waals surface area contributed by atoms with Crippen LogP contribution in [-0.4, -0.2) is 35.6 Å². The fourth-order valence-electron chi connectivity index (χ4n) is 2.23. The van der Waals surface area contributed by atoms with Crippen molar-refractivity contribution in [2.75, 3.05) is 18.4 Å². The molecule has 0 aliphatic carbocycles. The second kappa shape index (κ2) is 6.74. The lowest BCUT2D eigenvalue weighted by Crippen LogP contribution is -2.52. The number of rotatable bonds is 3. The summed E-state index contributed by atoms with van der Waals surface area (Å²) in [5.74, 6) is -0.812. The maximum Gasteiger partial charge on any atom is 0.410 e. The Bertz CT molecular complexity index is 610. The number of amides is 2. The number of nitrogens with one attached hydrogen (secondary N) is 1. The third-order valence-electron chi connectivity index (χ3n) is 3.29. The summed E-state index contributed by atoms with van der Waals surface area (Å²) in [6, 6.07) is 4.07. The highest BCUT2D eigenvalue weighted by Crippen LogP contribution is 2.24. The van der Waals surface area contributed by atoms with Crippen LogP contribution in [0.1, 0.15) is 27.2 Å². The second-order valence-corrected chi connectivity index (χ2v) is 7.06. The van der Waals surface area contributed by atoms with Gasteiger partial charge in [0.05, 0.1) is 5.69 Å². The lowest BCUT2D eigenvalue weighted by atomic mass is 9.96. The van der Waals surface area contributed by atoms with E-state index in [1.54, 1.807) is 25.7 Å². The number of nitrogens with zero attached hydrogens (tertiary/aromatic N) is 1. The summed E-state index contributed by atoms with van der Waals surface area (Å²) >= 11 is 5.66. The van der Waals surface area contributed by atoms with Crippen LogP contribution in [0, 0.1) is 11.7 Å². The Morgan fingerprint density at radius 3 is 2.61 bits per heavy atom. The van der Waals surface area contributed by atoms with Crippen molar-refractivity contribution in [1.29, 1.82) is 0 Å². The first-order chi connectivity index (χ1) is 10.6. The van der Waals surface area contributed by atoms with Gasteiger partial charge in [-0.1, -0.05) is 11.6 Å². The lowest BCUT2D eigenvalue weighted by molar-refractivity contribution is -0.118. The molecular formula is C16H20ClFN2O3. The number of likely N-dealkylation sites (tertiary alicyclic amines) is 1. The number of hydrogen-bond acceptors (Lipinski definition) is 3. The second-order valence-electron chi connectivity index (χ2n) is 6.63. The van der Waals surface area contributed by atoms with Crippen LogP contribution < -0.4 is 5.32 Å². The predicted octanol–water partition coefficient (Wildman–Crippen LogP) is 3.67. The minimum Gasteiger partial charge on any atom is -0.444 e. The highest BCUT2D eigenvalue weighted by Gasteiger charge is 2.34. The van der Waals surface area contributed by atoms with Gasteiger partial charge in [0, 0.05) is 30.5 Å². The van der Waals surface area contributed by atoms with Gasteiger partial charge in [0.1, 0.15) is 11.4 Å². The van der Waals surface area contributed by atoms with Gasteiger partial charge in [-0.05, 0) is 39.0 Å². The van der Waals surface area contributed by atoms with E-state index in [9.17, 15) is 14.0 Å². The highest BCUT2D eigenvalue weighted by atomic mass is 35.5. The molecule has 0 aromatic heterocycles. The van der Waals surface area contributed by atoms with Crippen LogP contribution in [0.4, 0.5) is 14.9 Å². The molecule has 0 unspecified atom stereocenters. The van der Waals surface area contributed by atoms with E-state index in [-0.39, 0.29) is 35.0 Å². The first-order valence-electron chi connectivity index (χ1n) is 7.37. The van der Waals surface area contributed by atoms with Crippen molar-refractivity contribution in [1.82, 2.24) is 4.90 Å². The number of ether oxygens (including phenoxy) is 1. The minimum absolute atomic E-state index is 0.0536. The molecular weight excluding hydrogens is 323 g/mol. The summed E-state index contributed by atoms with van der Waals surface area (Å²) in [6.45, 7) is 6.33. The Morgan fingerprint density at radius 2 is 2.04 bits per heavy atom. The Balaban J connectivity index is 1.77. The van der Waals surface area contributed by atoms with Gasteiger partial charge in [-0.15, -0.1) is 0 Å². The smallest absolute Gasteiger partial charge is 0.410 e. The van der Waals surface area contributed by atoms with Gasteiger partial charge < -0.3 is 15.0 Å². The molecule has 23 heavy (non-hydrogen) atoms. The summed E-state index contributed by atoms with van der Waals surface area (Å²) in [5.41, 5.74) is -0.436. The molecule has 5 nitrogen and oxygen atoms in total. The number of carbonyl (C=O) groups is 2. The predicted molar refractivity (Wildman–Crippen MR) is 86.0 cm³/mol. The summed E-state index contributed by atoms with van der Waals surface area (Å²) in [5, 5.41) is 2.78. The van der Waals surface area contributed by atoms with E-state index >= 15 is 0 Å². The van der Waals surface area contributed by atoms with Gasteiger partial charge in [0.25, 0.3) is 0 Å². The fraction of sp³-hybridized carbons (Fsp3) is 0.500. The molecule has 1 fully saturated rings. The molecule has 126 valence electrons. The Hall–Kier alpha value is -1.82. The van der Waals surface area contributed by atoms with Crippen molar-refractivity contribution in [3.63, 3.8) is 0 Å². The van der Waals surface area contributed by atoms with Crippen molar-refractivity contribution < 1.29 is 18.7 Å². The molecule has 1 N–H and O–H groups in total. The van der Waals surface area contributed by atoms with Gasteiger partial charge in [0.15, 0.2) is 0 Å². The molecule has 1 aromatic rings. The zero-order valence-electron chi connectivity index (χ0n) is 13.4. The average Bonchev–Trinajstić information content (AvgIpc) is 2.34. The summed E-state index contributed by atoms with van der Waals surface area (Å²) in [7, 11) is 0. The monoisotopic (exact) mass is 342 g/mol. The van der Waals surface area contributed by atoms with Crippen LogP contribution >= 0.6 is 11.6 Å². The molecule has 1 aromatic carbocycles. The van der Waals surface area contributed by atoms with E-state index in [1.807, 2.05) is 0 Å². The Labute approximate surface area is 139 Å². The molecule has 7 heteroatoms. The van der Waals surface area contributed by atoms with E-state index in [0.717, 1.165) is 6.07 Å². The molecule has 0 spiro atoms. The van der Waals surface area contributed by atoms with E-state index in [2.05, 4.69) is 5.32 Å². The summed E-state index contributed by atoms with van der Waals surface area (Å²) in [4.78, 5) is 25.2. The van der Waals surface area contributed by atoms with Crippen LogP contribution in [0.25, 0.3) is 0 Å². The quantitative estimate of drug-likeness (QED) is 0.911. The van der Waals surface area contributed by atoms with Crippen molar-refractivity contribution >= 4 is 29.3 Å². The van der Waals surface area contributed by atoms with Crippen LogP contribution in [0.3, 0.4) is 0 Å². The summed E-state index contributed by atoms with van der Waals surface area (Å²) < 4.78 is 18.8. The zero-order chi connectivity index (χ0) is 17.2. The average molecular weight is 343 g/mol. The lowest BCUT2D eigenvalue weighted by Gasteiger charge is -2.39. The van der Waals surface area contributed by atoms with Crippen molar-refractivity contribution in [2.24, 2.45) is 5.92 Å². The molecule has 0 bridgehead atoms. The topological polar surface area (TPSA) is 58.6 Å². The molecule has 0 atom stereocenters. The number of hydrogen-bond donors (Lipinski definition) is 1. The van der Waals surface area contributed by atoms with E-state index < -0.39 is 11.4 Å². The van der Waals surface area contributed by atoms with Gasteiger partial charge in [-0.2, -0.15) is 0 Å². The molecule has 1 heterocycles. The van der Waals surface area contributed by atoms with E-state index in [1.165, 1.54) is 12.1 Å².